The number of aliphatic hydroxyl groups is 1. The third kappa shape index (κ3) is 2.60. The molecule has 2 saturated heterocycles. The molecule has 2 aliphatic rings. The number of cyclic esters (lactones) is 1. The second kappa shape index (κ2) is 4.81. The first-order chi connectivity index (χ1) is 7.29. The number of nitrogens with zero attached hydrogens (tertiary/aromatic N) is 1. The number of hydrogen-bond donors (Lipinski definition) is 1. The van der Waals surface area contributed by atoms with Crippen molar-refractivity contribution in [2.45, 2.75) is 18.9 Å². The Morgan fingerprint density at radius 2 is 2.40 bits per heavy atom. The average molecular weight is 215 g/mol. The first-order valence-corrected chi connectivity index (χ1v) is 5.43. The number of ether oxygens (including phenoxy) is 2. The Labute approximate surface area is 89.0 Å². The summed E-state index contributed by atoms with van der Waals surface area (Å²) in [4.78, 5) is 13.0. The van der Waals surface area contributed by atoms with Crippen molar-refractivity contribution in [3.63, 3.8) is 0 Å². The normalized spacial score (nSPS) is 31.8. The van der Waals surface area contributed by atoms with E-state index in [1.165, 1.54) is 0 Å². The molecule has 0 radical (unpaired) electrons. The van der Waals surface area contributed by atoms with Crippen LogP contribution in [0.15, 0.2) is 0 Å². The average Bonchev–Trinajstić information content (AvgIpc) is 2.61. The van der Waals surface area contributed by atoms with E-state index in [1.807, 2.05) is 0 Å². The van der Waals surface area contributed by atoms with E-state index in [4.69, 9.17) is 14.6 Å². The van der Waals surface area contributed by atoms with E-state index in [9.17, 15) is 4.79 Å². The Hall–Kier alpha value is -0.810. The van der Waals surface area contributed by atoms with E-state index in [-0.39, 0.29) is 18.8 Å². The van der Waals surface area contributed by atoms with Crippen LogP contribution < -0.4 is 0 Å². The van der Waals surface area contributed by atoms with Crippen molar-refractivity contribution in [2.24, 2.45) is 5.92 Å². The van der Waals surface area contributed by atoms with Gasteiger partial charge >= 0.3 is 6.09 Å². The number of carbonyl (C=O) groups is 1. The second-order valence-corrected chi connectivity index (χ2v) is 4.18. The number of amides is 1. The molecule has 2 rings (SSSR count). The molecule has 2 aliphatic heterocycles. The summed E-state index contributed by atoms with van der Waals surface area (Å²) in [5, 5.41) is 8.88. The Morgan fingerprint density at radius 1 is 1.53 bits per heavy atom. The van der Waals surface area contributed by atoms with Gasteiger partial charge in [-0.05, 0) is 12.8 Å². The SMILES string of the molecule is O=C1O[C@@H](CO)CN1CC1CCCOC1. The van der Waals surface area contributed by atoms with E-state index < -0.39 is 0 Å². The molecule has 5 nitrogen and oxygen atoms in total. The highest BCUT2D eigenvalue weighted by atomic mass is 16.6. The van der Waals surface area contributed by atoms with Gasteiger partial charge in [0.15, 0.2) is 0 Å². The molecule has 0 saturated carbocycles. The molecular formula is C10H17NO4. The lowest BCUT2D eigenvalue weighted by Gasteiger charge is -2.25. The Balaban J connectivity index is 1.81. The quantitative estimate of drug-likeness (QED) is 0.732. The summed E-state index contributed by atoms with van der Waals surface area (Å²) in [6.07, 6.45) is 1.52. The minimum Gasteiger partial charge on any atom is -0.442 e. The highest BCUT2D eigenvalue weighted by Crippen LogP contribution is 2.18. The molecule has 1 unspecified atom stereocenters. The van der Waals surface area contributed by atoms with Gasteiger partial charge in [0.25, 0.3) is 0 Å². The van der Waals surface area contributed by atoms with Crippen molar-refractivity contribution in [3.05, 3.63) is 0 Å². The fourth-order valence-electron chi connectivity index (χ4n) is 2.08. The fraction of sp³-hybridized carbons (Fsp3) is 0.900. The van der Waals surface area contributed by atoms with Gasteiger partial charge in [-0.15, -0.1) is 0 Å². The smallest absolute Gasteiger partial charge is 0.410 e. The molecule has 86 valence electrons. The molecule has 15 heavy (non-hydrogen) atoms. The van der Waals surface area contributed by atoms with Gasteiger partial charge in [-0.25, -0.2) is 4.79 Å². The molecule has 2 fully saturated rings. The molecule has 5 heteroatoms. The van der Waals surface area contributed by atoms with Crippen LogP contribution in [0.5, 0.6) is 0 Å². The van der Waals surface area contributed by atoms with Crippen molar-refractivity contribution >= 4 is 6.09 Å². The molecule has 1 N–H and O–H groups in total. The maximum atomic E-state index is 11.4. The monoisotopic (exact) mass is 215 g/mol. The number of hydrogen-bond acceptors (Lipinski definition) is 4. The van der Waals surface area contributed by atoms with Crippen LogP contribution in [0.3, 0.4) is 0 Å². The zero-order valence-electron chi connectivity index (χ0n) is 8.72. The summed E-state index contributed by atoms with van der Waals surface area (Å²) in [7, 11) is 0. The van der Waals surface area contributed by atoms with E-state index in [2.05, 4.69) is 0 Å². The third-order valence-electron chi connectivity index (χ3n) is 2.89. The standard InChI is InChI=1S/C10H17NO4/c12-6-9-5-11(10(13)15-9)4-8-2-1-3-14-7-8/h8-9,12H,1-7H2/t8?,9-/m1/s1. The zero-order valence-corrected chi connectivity index (χ0v) is 8.72. The van der Waals surface area contributed by atoms with Crippen molar-refractivity contribution in [2.75, 3.05) is 32.9 Å². The number of carbonyl (C=O) groups excluding carboxylic acids is 1. The molecule has 0 aromatic heterocycles. The van der Waals surface area contributed by atoms with Gasteiger partial charge in [0.05, 0.1) is 19.8 Å². The molecule has 0 aromatic carbocycles. The van der Waals surface area contributed by atoms with Gasteiger partial charge in [0.2, 0.25) is 0 Å². The lowest BCUT2D eigenvalue weighted by atomic mass is 10.0. The number of aliphatic hydroxyl groups excluding tert-OH is 1. The van der Waals surface area contributed by atoms with Gasteiger partial charge in [-0.1, -0.05) is 0 Å². The molecule has 2 heterocycles. The van der Waals surface area contributed by atoms with Crippen LogP contribution in [0.2, 0.25) is 0 Å². The predicted octanol–water partition coefficient (Wildman–Crippen LogP) is 0.226. The molecular weight excluding hydrogens is 198 g/mol. The molecule has 0 bridgehead atoms. The minimum atomic E-state index is -0.345. The Bertz CT molecular complexity index is 227. The highest BCUT2D eigenvalue weighted by molar-refractivity contribution is 5.69. The lowest BCUT2D eigenvalue weighted by molar-refractivity contribution is 0.0443. The molecule has 0 spiro atoms. The van der Waals surface area contributed by atoms with Crippen LogP contribution in [-0.4, -0.2) is 55.1 Å². The van der Waals surface area contributed by atoms with Crippen LogP contribution in [0, 0.1) is 5.92 Å². The maximum Gasteiger partial charge on any atom is 0.410 e. The summed E-state index contributed by atoms with van der Waals surface area (Å²) in [6.45, 7) is 2.67. The summed E-state index contributed by atoms with van der Waals surface area (Å²) in [5.41, 5.74) is 0. The summed E-state index contributed by atoms with van der Waals surface area (Å²) >= 11 is 0. The van der Waals surface area contributed by atoms with Crippen molar-refractivity contribution in [3.8, 4) is 0 Å². The minimum absolute atomic E-state index is 0.0938. The number of rotatable bonds is 3. The Morgan fingerprint density at radius 3 is 3.00 bits per heavy atom. The van der Waals surface area contributed by atoms with Crippen molar-refractivity contribution in [1.82, 2.24) is 4.90 Å². The molecule has 0 aliphatic carbocycles. The zero-order chi connectivity index (χ0) is 10.7. The third-order valence-corrected chi connectivity index (χ3v) is 2.89. The largest absolute Gasteiger partial charge is 0.442 e. The van der Waals surface area contributed by atoms with Gasteiger partial charge < -0.3 is 19.5 Å². The van der Waals surface area contributed by atoms with E-state index in [0.717, 1.165) is 26.1 Å². The van der Waals surface area contributed by atoms with Crippen molar-refractivity contribution < 1.29 is 19.4 Å². The van der Waals surface area contributed by atoms with E-state index in [0.29, 0.717) is 19.0 Å². The first-order valence-electron chi connectivity index (χ1n) is 5.43. The van der Waals surface area contributed by atoms with E-state index in [1.54, 1.807) is 4.90 Å². The van der Waals surface area contributed by atoms with Crippen LogP contribution in [0.25, 0.3) is 0 Å². The van der Waals surface area contributed by atoms with Crippen LogP contribution >= 0.6 is 0 Å². The van der Waals surface area contributed by atoms with Crippen LogP contribution in [-0.2, 0) is 9.47 Å². The second-order valence-electron chi connectivity index (χ2n) is 4.18. The van der Waals surface area contributed by atoms with Gasteiger partial charge in [-0.3, -0.25) is 0 Å². The van der Waals surface area contributed by atoms with Gasteiger partial charge in [-0.2, -0.15) is 0 Å². The first kappa shape index (κ1) is 10.7. The molecule has 0 aromatic rings. The predicted molar refractivity (Wildman–Crippen MR) is 52.5 cm³/mol. The van der Waals surface area contributed by atoms with E-state index >= 15 is 0 Å². The van der Waals surface area contributed by atoms with Crippen LogP contribution in [0.1, 0.15) is 12.8 Å². The van der Waals surface area contributed by atoms with Gasteiger partial charge in [0, 0.05) is 19.1 Å². The fourth-order valence-corrected chi connectivity index (χ4v) is 2.08. The summed E-state index contributed by atoms with van der Waals surface area (Å²) in [5.74, 6) is 0.420. The summed E-state index contributed by atoms with van der Waals surface area (Å²) < 4.78 is 10.3. The van der Waals surface area contributed by atoms with Crippen LogP contribution in [0.4, 0.5) is 4.79 Å². The topological polar surface area (TPSA) is 59.0 Å². The molecule has 2 atom stereocenters. The summed E-state index contributed by atoms with van der Waals surface area (Å²) in [6, 6.07) is 0. The highest BCUT2D eigenvalue weighted by Gasteiger charge is 2.32. The van der Waals surface area contributed by atoms with Gasteiger partial charge in [0.1, 0.15) is 6.10 Å². The Kier molecular flexibility index (Phi) is 3.43. The molecule has 1 amide bonds. The maximum absolute atomic E-state index is 11.4. The lowest BCUT2D eigenvalue weighted by Crippen LogP contribution is -2.34. The van der Waals surface area contributed by atoms with Crippen molar-refractivity contribution in [1.29, 1.82) is 0 Å².